The van der Waals surface area contributed by atoms with Crippen LogP contribution in [0.15, 0.2) is 36.4 Å². The molecule has 4 heterocycles. The number of benzene rings is 2. The standard InChI is InChI=1S/C26H26N4O6/c31-25(19-7-15-9-21-23(35-13-33-21)11-17(15)29-19)27-5-3-1-2-4-6-28-26(32)20-8-16-10-22-24(36-14-34-22)12-18(16)30-20/h7-12,29-30H,1-6,13-14H2,(H,27,31)(H,28,32). The number of hydrogen-bond donors (Lipinski definition) is 4. The summed E-state index contributed by atoms with van der Waals surface area (Å²) in [5.74, 6) is 2.48. The zero-order chi connectivity index (χ0) is 24.5. The summed E-state index contributed by atoms with van der Waals surface area (Å²) in [6.45, 7) is 1.63. The molecule has 2 aromatic heterocycles. The van der Waals surface area contributed by atoms with Crippen LogP contribution in [-0.2, 0) is 0 Å². The van der Waals surface area contributed by atoms with E-state index in [9.17, 15) is 9.59 Å². The first-order chi connectivity index (χ1) is 17.6. The van der Waals surface area contributed by atoms with Gasteiger partial charge in [-0.25, -0.2) is 0 Å². The van der Waals surface area contributed by atoms with Crippen LogP contribution >= 0.6 is 0 Å². The van der Waals surface area contributed by atoms with E-state index in [4.69, 9.17) is 18.9 Å². The molecule has 0 bridgehead atoms. The second-order valence-corrected chi connectivity index (χ2v) is 8.88. The molecule has 0 saturated carbocycles. The van der Waals surface area contributed by atoms with Gasteiger partial charge in [0, 0.05) is 47.0 Å². The van der Waals surface area contributed by atoms with Crippen molar-refractivity contribution in [3.8, 4) is 23.0 Å². The molecule has 0 saturated heterocycles. The summed E-state index contributed by atoms with van der Waals surface area (Å²) in [6.07, 6.45) is 3.66. The highest BCUT2D eigenvalue weighted by atomic mass is 16.7. The number of carbonyl (C=O) groups is 2. The average molecular weight is 491 g/mol. The molecule has 0 atom stereocenters. The third kappa shape index (κ3) is 4.37. The number of rotatable bonds is 9. The predicted molar refractivity (Wildman–Crippen MR) is 132 cm³/mol. The van der Waals surface area contributed by atoms with E-state index in [1.807, 2.05) is 36.4 Å². The van der Waals surface area contributed by atoms with E-state index in [0.29, 0.717) is 47.5 Å². The first-order valence-corrected chi connectivity index (χ1v) is 12.1. The molecule has 2 aliphatic rings. The third-order valence-electron chi connectivity index (χ3n) is 6.39. The van der Waals surface area contributed by atoms with Gasteiger partial charge < -0.3 is 39.5 Å². The molecule has 0 fully saturated rings. The second-order valence-electron chi connectivity index (χ2n) is 8.88. The Balaban J connectivity index is 0.891. The van der Waals surface area contributed by atoms with Gasteiger partial charge in [-0.2, -0.15) is 0 Å². The lowest BCUT2D eigenvalue weighted by Crippen LogP contribution is -2.25. The fraction of sp³-hybridized carbons (Fsp3) is 0.308. The van der Waals surface area contributed by atoms with E-state index in [1.165, 1.54) is 0 Å². The SMILES string of the molecule is O=C(NCCCCCCNC(=O)c1cc2cc3c(cc2[nH]1)OCO3)c1cc2cc3c(cc2[nH]1)OCO3. The molecule has 0 radical (unpaired) electrons. The van der Waals surface area contributed by atoms with Crippen LogP contribution < -0.4 is 29.6 Å². The largest absolute Gasteiger partial charge is 0.454 e. The van der Waals surface area contributed by atoms with Crippen LogP contribution in [-0.4, -0.2) is 48.5 Å². The van der Waals surface area contributed by atoms with Gasteiger partial charge in [0.15, 0.2) is 23.0 Å². The Morgan fingerprint density at radius 2 is 1.03 bits per heavy atom. The molecule has 4 aromatic rings. The number of hydrogen-bond acceptors (Lipinski definition) is 6. The van der Waals surface area contributed by atoms with E-state index < -0.39 is 0 Å². The number of ether oxygens (including phenoxy) is 4. The molecule has 2 aromatic carbocycles. The highest BCUT2D eigenvalue weighted by molar-refractivity contribution is 5.99. The number of H-pyrrole nitrogens is 2. The number of nitrogens with one attached hydrogen (secondary N) is 4. The monoisotopic (exact) mass is 490 g/mol. The highest BCUT2D eigenvalue weighted by Crippen LogP contribution is 2.37. The Morgan fingerprint density at radius 1 is 0.611 bits per heavy atom. The number of aromatic amines is 2. The quantitative estimate of drug-likeness (QED) is 0.264. The Hall–Kier alpha value is -4.34. The molecule has 186 valence electrons. The van der Waals surface area contributed by atoms with Crippen molar-refractivity contribution in [1.82, 2.24) is 20.6 Å². The van der Waals surface area contributed by atoms with Crippen LogP contribution in [0, 0.1) is 0 Å². The van der Waals surface area contributed by atoms with Gasteiger partial charge >= 0.3 is 0 Å². The van der Waals surface area contributed by atoms with E-state index in [2.05, 4.69) is 20.6 Å². The smallest absolute Gasteiger partial charge is 0.267 e. The number of carbonyl (C=O) groups excluding carboxylic acids is 2. The van der Waals surface area contributed by atoms with Gasteiger partial charge in [-0.3, -0.25) is 9.59 Å². The van der Waals surface area contributed by atoms with E-state index in [-0.39, 0.29) is 25.4 Å². The summed E-state index contributed by atoms with van der Waals surface area (Å²) >= 11 is 0. The molecule has 0 spiro atoms. The summed E-state index contributed by atoms with van der Waals surface area (Å²) in [4.78, 5) is 31.2. The minimum Gasteiger partial charge on any atom is -0.454 e. The van der Waals surface area contributed by atoms with Gasteiger partial charge in [0.1, 0.15) is 11.4 Å². The average Bonchev–Trinajstić information content (AvgIpc) is 3.66. The van der Waals surface area contributed by atoms with Crippen molar-refractivity contribution in [2.45, 2.75) is 25.7 Å². The Labute approximate surface area is 206 Å². The van der Waals surface area contributed by atoms with Gasteiger partial charge in [0.05, 0.1) is 0 Å². The van der Waals surface area contributed by atoms with Crippen molar-refractivity contribution in [3.63, 3.8) is 0 Å². The molecule has 10 heteroatoms. The van der Waals surface area contributed by atoms with Gasteiger partial charge in [-0.15, -0.1) is 0 Å². The summed E-state index contributed by atoms with van der Waals surface area (Å²) in [7, 11) is 0. The van der Waals surface area contributed by atoms with Gasteiger partial charge in [-0.05, 0) is 37.1 Å². The van der Waals surface area contributed by atoms with Gasteiger partial charge in [0.25, 0.3) is 11.8 Å². The van der Waals surface area contributed by atoms with Crippen molar-refractivity contribution in [2.75, 3.05) is 26.7 Å². The Morgan fingerprint density at radius 3 is 1.47 bits per heavy atom. The van der Waals surface area contributed by atoms with E-state index in [1.54, 1.807) is 0 Å². The summed E-state index contributed by atoms with van der Waals surface area (Å²) < 4.78 is 21.5. The molecule has 4 N–H and O–H groups in total. The molecule has 2 amide bonds. The van der Waals surface area contributed by atoms with Crippen LogP contribution in [0.1, 0.15) is 46.7 Å². The maximum Gasteiger partial charge on any atom is 0.267 e. The summed E-state index contributed by atoms with van der Waals surface area (Å²) in [6, 6.07) is 11.1. The van der Waals surface area contributed by atoms with E-state index in [0.717, 1.165) is 47.5 Å². The molecular weight excluding hydrogens is 464 g/mol. The summed E-state index contributed by atoms with van der Waals surface area (Å²) in [5, 5.41) is 7.72. The number of fused-ring (bicyclic) bond motifs is 4. The molecule has 36 heavy (non-hydrogen) atoms. The first kappa shape index (κ1) is 22.1. The first-order valence-electron chi connectivity index (χ1n) is 12.1. The lowest BCUT2D eigenvalue weighted by atomic mass is 10.2. The van der Waals surface area contributed by atoms with Gasteiger partial charge in [-0.1, -0.05) is 12.8 Å². The lowest BCUT2D eigenvalue weighted by molar-refractivity contribution is 0.0939. The third-order valence-corrected chi connectivity index (χ3v) is 6.39. The van der Waals surface area contributed by atoms with Crippen molar-refractivity contribution >= 4 is 33.6 Å². The topological polar surface area (TPSA) is 127 Å². The van der Waals surface area contributed by atoms with Crippen molar-refractivity contribution in [1.29, 1.82) is 0 Å². The molecular formula is C26H26N4O6. The van der Waals surface area contributed by atoms with Crippen molar-refractivity contribution in [2.24, 2.45) is 0 Å². The maximum atomic E-state index is 12.5. The van der Waals surface area contributed by atoms with Gasteiger partial charge in [0.2, 0.25) is 13.6 Å². The highest BCUT2D eigenvalue weighted by Gasteiger charge is 2.18. The number of unbranched alkanes of at least 4 members (excludes halogenated alkanes) is 3. The Bertz CT molecular complexity index is 1260. The van der Waals surface area contributed by atoms with Crippen LogP contribution in [0.25, 0.3) is 21.8 Å². The number of amides is 2. The molecule has 10 nitrogen and oxygen atoms in total. The Kier molecular flexibility index (Phi) is 5.76. The molecule has 0 aliphatic carbocycles. The second kappa shape index (κ2) is 9.37. The normalized spacial score (nSPS) is 13.4. The predicted octanol–water partition coefficient (Wildman–Crippen LogP) is 3.83. The maximum absolute atomic E-state index is 12.5. The zero-order valence-electron chi connectivity index (χ0n) is 19.6. The van der Waals surface area contributed by atoms with Crippen molar-refractivity contribution < 1.29 is 28.5 Å². The molecule has 0 unspecified atom stereocenters. The van der Waals surface area contributed by atoms with Crippen LogP contribution in [0.2, 0.25) is 0 Å². The van der Waals surface area contributed by atoms with E-state index >= 15 is 0 Å². The van der Waals surface area contributed by atoms with Crippen LogP contribution in [0.3, 0.4) is 0 Å². The molecule has 6 rings (SSSR count). The fourth-order valence-electron chi connectivity index (χ4n) is 4.49. The molecule has 2 aliphatic heterocycles. The number of aromatic nitrogens is 2. The lowest BCUT2D eigenvalue weighted by Gasteiger charge is -2.05. The minimum atomic E-state index is -0.137. The van der Waals surface area contributed by atoms with Crippen LogP contribution in [0.4, 0.5) is 0 Å². The zero-order valence-corrected chi connectivity index (χ0v) is 19.6. The van der Waals surface area contributed by atoms with Crippen molar-refractivity contribution in [3.05, 3.63) is 47.8 Å². The minimum absolute atomic E-state index is 0.137. The summed E-state index contributed by atoms with van der Waals surface area (Å²) in [5.41, 5.74) is 2.70. The van der Waals surface area contributed by atoms with Crippen LogP contribution in [0.5, 0.6) is 23.0 Å². The fourth-order valence-corrected chi connectivity index (χ4v) is 4.49.